The van der Waals surface area contributed by atoms with Crippen molar-refractivity contribution in [1.82, 2.24) is 10.1 Å². The number of sulfone groups is 1. The lowest BCUT2D eigenvalue weighted by molar-refractivity contribution is -0.169. The molecule has 15 heteroatoms. The van der Waals surface area contributed by atoms with Gasteiger partial charge in [0, 0.05) is 13.1 Å². The first-order chi connectivity index (χ1) is 19.5. The molecule has 14 nitrogen and oxygen atoms in total. The number of hydrogen-bond acceptors (Lipinski definition) is 14. The molecule has 2 spiro atoms. The number of methoxy groups -OCH3 is 4. The molecule has 228 valence electrons. The number of esters is 4. The molecule has 0 N–H and O–H groups in total. The van der Waals surface area contributed by atoms with Gasteiger partial charge >= 0.3 is 23.9 Å². The van der Waals surface area contributed by atoms with Crippen molar-refractivity contribution in [1.29, 1.82) is 0 Å². The molecule has 2 aliphatic carbocycles. The van der Waals surface area contributed by atoms with Crippen LogP contribution >= 0.6 is 0 Å². The summed E-state index contributed by atoms with van der Waals surface area (Å²) in [7, 11) is 0.946. The highest BCUT2D eigenvalue weighted by molar-refractivity contribution is 7.91. The Bertz CT molecular complexity index is 1170. The molecule has 2 aliphatic heterocycles. The van der Waals surface area contributed by atoms with Gasteiger partial charge in [-0.1, -0.05) is 25.7 Å². The van der Waals surface area contributed by atoms with E-state index in [1.807, 2.05) is 0 Å². The van der Waals surface area contributed by atoms with E-state index in [1.54, 1.807) is 0 Å². The van der Waals surface area contributed by atoms with Crippen LogP contribution in [0.5, 0.6) is 0 Å². The molecule has 0 unspecified atom stereocenters. The van der Waals surface area contributed by atoms with Crippen molar-refractivity contribution in [2.45, 2.75) is 62.4 Å². The summed E-state index contributed by atoms with van der Waals surface area (Å²) in [6, 6.07) is 0. The molecule has 0 atom stereocenters. The monoisotopic (exact) mass is 600 g/mol. The van der Waals surface area contributed by atoms with E-state index in [0.717, 1.165) is 39.9 Å². The van der Waals surface area contributed by atoms with E-state index in [1.165, 1.54) is 24.3 Å². The van der Waals surface area contributed by atoms with Crippen molar-refractivity contribution >= 4 is 33.7 Å². The van der Waals surface area contributed by atoms with Crippen molar-refractivity contribution in [2.75, 3.05) is 53.0 Å². The predicted molar refractivity (Wildman–Crippen MR) is 139 cm³/mol. The number of hydrogen-bond donors (Lipinski definition) is 0. The van der Waals surface area contributed by atoms with Crippen LogP contribution in [0.1, 0.15) is 51.4 Å². The Balaban J connectivity index is 1.50. The third kappa shape index (κ3) is 5.42. The molecule has 0 saturated heterocycles. The lowest BCUT2D eigenvalue weighted by atomic mass is 9.87. The van der Waals surface area contributed by atoms with Gasteiger partial charge in [-0.2, -0.15) is 0 Å². The van der Waals surface area contributed by atoms with Crippen LogP contribution in [0.2, 0.25) is 0 Å². The van der Waals surface area contributed by atoms with E-state index >= 15 is 0 Å². The van der Waals surface area contributed by atoms with Crippen LogP contribution in [0.3, 0.4) is 0 Å². The maximum atomic E-state index is 13.3. The summed E-state index contributed by atoms with van der Waals surface area (Å²) in [4.78, 5) is 61.9. The average Bonchev–Trinajstić information content (AvgIpc) is 3.77. The molecular weight excluding hydrogens is 564 g/mol. The minimum Gasteiger partial charge on any atom is -0.465 e. The Kier molecular flexibility index (Phi) is 8.99. The molecule has 4 aliphatic rings. The third-order valence-corrected chi connectivity index (χ3v) is 9.94. The highest BCUT2D eigenvalue weighted by Crippen LogP contribution is 2.49. The first-order valence-electron chi connectivity index (χ1n) is 13.4. The minimum atomic E-state index is -3.77. The summed E-state index contributed by atoms with van der Waals surface area (Å²) in [6.07, 6.45) is 4.87. The zero-order chi connectivity index (χ0) is 30.0. The SMILES string of the molecule is COC(=O)C1=C(C(=O)OC)C2(CCCC2)N(CCS(=O)(=O)CCN2OC(C(=O)OC)=C(C(=O)OC)C23CCCC3)O1. The number of nitrogens with zero attached hydrogens (tertiary/aromatic N) is 2. The van der Waals surface area contributed by atoms with Crippen molar-refractivity contribution < 1.29 is 56.2 Å². The standard InChI is InChI=1S/C26H36N2O12S/c1-35-21(29)17-19(23(31)37-3)39-27(25(17)9-5-6-10-25)13-15-41(33,34)16-14-28-26(11-7-8-12-26)18(22(30)36-2)20(40-28)24(32)38-4/h5-16H2,1-4H3. The van der Waals surface area contributed by atoms with Gasteiger partial charge in [-0.25, -0.2) is 27.6 Å². The zero-order valence-electron chi connectivity index (χ0n) is 23.7. The fourth-order valence-corrected chi connectivity index (χ4v) is 7.47. The number of carbonyl (C=O) groups is 4. The first-order valence-corrected chi connectivity index (χ1v) is 15.3. The number of ether oxygens (including phenoxy) is 4. The molecule has 4 rings (SSSR count). The molecule has 2 heterocycles. The number of hydroxylamine groups is 4. The van der Waals surface area contributed by atoms with E-state index in [0.29, 0.717) is 25.7 Å². The third-order valence-electron chi connectivity index (χ3n) is 8.34. The Morgan fingerprint density at radius 2 is 0.951 bits per heavy atom. The van der Waals surface area contributed by atoms with Crippen LogP contribution in [0.15, 0.2) is 22.7 Å². The number of carbonyl (C=O) groups excluding carboxylic acids is 4. The molecule has 0 aromatic heterocycles. The van der Waals surface area contributed by atoms with Crippen LogP contribution in [-0.4, -0.2) is 107 Å². The Labute approximate surface area is 238 Å². The lowest BCUT2D eigenvalue weighted by Crippen LogP contribution is -2.48. The molecule has 41 heavy (non-hydrogen) atoms. The summed E-state index contributed by atoms with van der Waals surface area (Å²) in [6.45, 7) is -0.261. The largest absolute Gasteiger partial charge is 0.465 e. The first kappa shape index (κ1) is 30.8. The summed E-state index contributed by atoms with van der Waals surface area (Å²) in [5.74, 6) is -4.51. The van der Waals surface area contributed by atoms with Gasteiger partial charge < -0.3 is 28.6 Å². The van der Waals surface area contributed by atoms with Gasteiger partial charge in [-0.3, -0.25) is 0 Å². The summed E-state index contributed by atoms with van der Waals surface area (Å²) < 4.78 is 46.0. The van der Waals surface area contributed by atoms with Crippen LogP contribution in [0.4, 0.5) is 0 Å². The van der Waals surface area contributed by atoms with Crippen LogP contribution in [-0.2, 0) is 57.6 Å². The second-order valence-electron chi connectivity index (χ2n) is 10.4. The maximum absolute atomic E-state index is 13.3. The Hall–Kier alpha value is -3.17. The van der Waals surface area contributed by atoms with Crippen molar-refractivity contribution in [3.05, 3.63) is 22.7 Å². The molecule has 2 saturated carbocycles. The van der Waals surface area contributed by atoms with Crippen molar-refractivity contribution in [2.24, 2.45) is 0 Å². The van der Waals surface area contributed by atoms with Crippen LogP contribution in [0, 0.1) is 0 Å². The van der Waals surface area contributed by atoms with Gasteiger partial charge in [0.25, 0.3) is 0 Å². The number of rotatable bonds is 10. The summed E-state index contributed by atoms with van der Waals surface area (Å²) in [5.41, 5.74) is -1.95. The van der Waals surface area contributed by atoms with E-state index < -0.39 is 44.8 Å². The van der Waals surface area contributed by atoms with Crippen molar-refractivity contribution in [3.63, 3.8) is 0 Å². The topological polar surface area (TPSA) is 164 Å². The highest BCUT2D eigenvalue weighted by atomic mass is 32.2. The highest BCUT2D eigenvalue weighted by Gasteiger charge is 2.57. The summed E-state index contributed by atoms with van der Waals surface area (Å²) in [5, 5.41) is 2.76. The smallest absolute Gasteiger partial charge is 0.376 e. The molecule has 0 bridgehead atoms. The normalized spacial score (nSPS) is 21.8. The molecular formula is C26H36N2O12S. The van der Waals surface area contributed by atoms with Crippen LogP contribution in [0.25, 0.3) is 0 Å². The molecule has 0 amide bonds. The van der Waals surface area contributed by atoms with Gasteiger partial charge in [-0.05, 0) is 25.7 Å². The quantitative estimate of drug-likeness (QED) is 0.254. The van der Waals surface area contributed by atoms with Gasteiger partial charge in [0.2, 0.25) is 11.5 Å². The van der Waals surface area contributed by atoms with Gasteiger partial charge in [0.05, 0.1) is 51.0 Å². The fourth-order valence-electron chi connectivity index (χ4n) is 6.38. The molecule has 0 radical (unpaired) electrons. The second-order valence-corrected chi connectivity index (χ2v) is 12.7. The predicted octanol–water partition coefficient (Wildman–Crippen LogP) is 0.721. The Morgan fingerprint density at radius 3 is 1.24 bits per heavy atom. The molecule has 0 aromatic rings. The van der Waals surface area contributed by atoms with E-state index in [-0.39, 0.29) is 47.3 Å². The minimum absolute atomic E-state index is 0.0344. The van der Waals surface area contributed by atoms with Gasteiger partial charge in [-0.15, -0.1) is 10.1 Å². The van der Waals surface area contributed by atoms with Gasteiger partial charge in [0.15, 0.2) is 9.84 Å². The average molecular weight is 601 g/mol. The summed E-state index contributed by atoms with van der Waals surface area (Å²) >= 11 is 0. The fraction of sp³-hybridized carbons (Fsp3) is 0.692. The maximum Gasteiger partial charge on any atom is 0.376 e. The Morgan fingerprint density at radius 1 is 0.634 bits per heavy atom. The van der Waals surface area contributed by atoms with E-state index in [2.05, 4.69) is 0 Å². The molecule has 0 aromatic carbocycles. The van der Waals surface area contributed by atoms with Crippen LogP contribution < -0.4 is 0 Å². The zero-order valence-corrected chi connectivity index (χ0v) is 24.5. The second kappa shape index (κ2) is 12.0. The van der Waals surface area contributed by atoms with E-state index in [4.69, 9.17) is 28.6 Å². The molecule has 2 fully saturated rings. The lowest BCUT2D eigenvalue weighted by Gasteiger charge is -2.34. The van der Waals surface area contributed by atoms with Crippen molar-refractivity contribution in [3.8, 4) is 0 Å². The van der Waals surface area contributed by atoms with E-state index in [9.17, 15) is 27.6 Å². The van der Waals surface area contributed by atoms with Gasteiger partial charge in [0.1, 0.15) is 11.1 Å².